The lowest BCUT2D eigenvalue weighted by Crippen LogP contribution is -2.55. The second-order valence-electron chi connectivity index (χ2n) is 6.88. The largest absolute Gasteiger partial charge is 0.561 e. The highest BCUT2D eigenvalue weighted by molar-refractivity contribution is 14.1. The van der Waals surface area contributed by atoms with E-state index in [4.69, 9.17) is 4.65 Å². The Morgan fingerprint density at radius 3 is 2.41 bits per heavy atom. The molecule has 3 rings (SSSR count). The molecule has 3 atom stereocenters. The third-order valence-corrected chi connectivity index (χ3v) is 5.50. The van der Waals surface area contributed by atoms with E-state index in [1.807, 2.05) is 22.6 Å². The molecule has 9 heteroatoms. The molecule has 2 aromatic rings. The summed E-state index contributed by atoms with van der Waals surface area (Å²) in [4.78, 5) is 25.4. The van der Waals surface area contributed by atoms with Crippen LogP contribution in [0.15, 0.2) is 48.5 Å². The summed E-state index contributed by atoms with van der Waals surface area (Å²) in [6.07, 6.45) is 0.997. The number of β-lactam (4-membered cyclic amide) rings is 1. The third-order valence-electron chi connectivity index (χ3n) is 4.88. The van der Waals surface area contributed by atoms with Gasteiger partial charge >= 0.3 is 7.12 Å². The summed E-state index contributed by atoms with van der Waals surface area (Å²) in [7, 11) is -1.36. The predicted octanol–water partition coefficient (Wildman–Crippen LogP) is 2.31. The SMILES string of the molecule is CC(=O)OB(O)c1ccc([C@@H]2[C@@H](CCC(O)I)C(=O)N2c2ccc(F)cc2)cc1. The van der Waals surface area contributed by atoms with Crippen LogP contribution in [0.3, 0.4) is 0 Å². The molecule has 1 fully saturated rings. The number of aliphatic hydroxyl groups excluding tert-OH is 1. The molecule has 1 unspecified atom stereocenters. The van der Waals surface area contributed by atoms with Gasteiger partial charge in [-0.05, 0) is 48.1 Å². The number of anilines is 1. The van der Waals surface area contributed by atoms with Crippen molar-refractivity contribution in [2.24, 2.45) is 5.92 Å². The first-order valence-corrected chi connectivity index (χ1v) is 10.4. The topological polar surface area (TPSA) is 87.1 Å². The van der Waals surface area contributed by atoms with Gasteiger partial charge in [0.1, 0.15) is 9.93 Å². The average Bonchev–Trinajstić information content (AvgIpc) is 2.67. The normalized spacial score (nSPS) is 19.5. The van der Waals surface area contributed by atoms with Crippen molar-refractivity contribution in [1.29, 1.82) is 0 Å². The van der Waals surface area contributed by atoms with Crippen molar-refractivity contribution in [2.45, 2.75) is 29.9 Å². The van der Waals surface area contributed by atoms with Crippen LogP contribution in [0.2, 0.25) is 0 Å². The van der Waals surface area contributed by atoms with Gasteiger partial charge < -0.3 is 19.7 Å². The van der Waals surface area contributed by atoms with E-state index >= 15 is 0 Å². The van der Waals surface area contributed by atoms with Gasteiger partial charge in [-0.3, -0.25) is 9.59 Å². The molecule has 1 saturated heterocycles. The minimum atomic E-state index is -1.36. The van der Waals surface area contributed by atoms with Crippen LogP contribution in [-0.4, -0.2) is 33.2 Å². The second-order valence-corrected chi connectivity index (χ2v) is 8.31. The van der Waals surface area contributed by atoms with Crippen LogP contribution in [0.5, 0.6) is 0 Å². The Hall–Kier alpha value is -1.98. The lowest BCUT2D eigenvalue weighted by molar-refractivity contribution is -0.133. The highest BCUT2D eigenvalue weighted by atomic mass is 127. The first-order valence-electron chi connectivity index (χ1n) is 9.14. The predicted molar refractivity (Wildman–Crippen MR) is 115 cm³/mol. The Balaban J connectivity index is 1.86. The van der Waals surface area contributed by atoms with Gasteiger partial charge in [-0.15, -0.1) is 0 Å². The van der Waals surface area contributed by atoms with E-state index in [1.54, 1.807) is 41.3 Å². The fraction of sp³-hybridized carbons (Fsp3) is 0.300. The number of hydrogen-bond donors (Lipinski definition) is 2. The Kier molecular flexibility index (Phi) is 6.91. The monoisotopic (exact) mass is 511 g/mol. The summed E-state index contributed by atoms with van der Waals surface area (Å²) >= 11 is 1.91. The first kappa shape index (κ1) is 21.7. The maximum Gasteiger partial charge on any atom is 0.561 e. The zero-order chi connectivity index (χ0) is 21.1. The summed E-state index contributed by atoms with van der Waals surface area (Å²) in [6.45, 7) is 1.21. The molecule has 1 heterocycles. The second kappa shape index (κ2) is 9.23. The van der Waals surface area contributed by atoms with Crippen molar-refractivity contribution < 1.29 is 28.8 Å². The molecule has 2 N–H and O–H groups in total. The molecule has 0 bridgehead atoms. The van der Waals surface area contributed by atoms with Crippen molar-refractivity contribution in [3.63, 3.8) is 0 Å². The molecule has 2 aromatic carbocycles. The van der Waals surface area contributed by atoms with Gasteiger partial charge in [0.2, 0.25) is 5.91 Å². The maximum absolute atomic E-state index is 13.3. The van der Waals surface area contributed by atoms with Crippen molar-refractivity contribution in [3.8, 4) is 0 Å². The molecule has 0 spiro atoms. The van der Waals surface area contributed by atoms with E-state index in [1.165, 1.54) is 19.1 Å². The Morgan fingerprint density at radius 1 is 1.24 bits per heavy atom. The molecule has 1 aliphatic rings. The van der Waals surface area contributed by atoms with Crippen LogP contribution >= 0.6 is 22.6 Å². The van der Waals surface area contributed by atoms with E-state index in [0.29, 0.717) is 24.0 Å². The van der Waals surface area contributed by atoms with Crippen molar-refractivity contribution in [1.82, 2.24) is 0 Å². The Labute approximate surface area is 182 Å². The van der Waals surface area contributed by atoms with Crippen LogP contribution in [-0.2, 0) is 14.2 Å². The van der Waals surface area contributed by atoms with Gasteiger partial charge in [0.15, 0.2) is 0 Å². The Morgan fingerprint density at radius 2 is 1.86 bits per heavy atom. The number of alkyl halides is 1. The van der Waals surface area contributed by atoms with E-state index in [-0.39, 0.29) is 23.7 Å². The quantitative estimate of drug-likeness (QED) is 0.258. The zero-order valence-corrected chi connectivity index (χ0v) is 17.8. The van der Waals surface area contributed by atoms with Crippen LogP contribution < -0.4 is 10.4 Å². The minimum Gasteiger partial charge on any atom is -0.506 e. The van der Waals surface area contributed by atoms with E-state index in [9.17, 15) is 24.1 Å². The zero-order valence-electron chi connectivity index (χ0n) is 15.7. The lowest BCUT2D eigenvalue weighted by atomic mass is 9.75. The Bertz CT molecular complexity index is 877. The fourth-order valence-corrected chi connectivity index (χ4v) is 3.86. The molecular weight excluding hydrogens is 491 g/mol. The number of nitrogens with zero attached hydrogens (tertiary/aromatic N) is 1. The number of carbonyl (C=O) groups is 2. The highest BCUT2D eigenvalue weighted by Crippen LogP contribution is 2.45. The number of aliphatic hydroxyl groups is 1. The smallest absolute Gasteiger partial charge is 0.506 e. The summed E-state index contributed by atoms with van der Waals surface area (Å²) in [5.74, 6) is -1.37. The third kappa shape index (κ3) is 4.96. The fourth-order valence-electron chi connectivity index (χ4n) is 3.50. The van der Waals surface area contributed by atoms with E-state index < -0.39 is 17.2 Å². The van der Waals surface area contributed by atoms with Crippen LogP contribution in [0.25, 0.3) is 0 Å². The molecule has 29 heavy (non-hydrogen) atoms. The van der Waals surface area contributed by atoms with Crippen molar-refractivity contribution >= 4 is 52.7 Å². The number of benzene rings is 2. The molecule has 1 amide bonds. The van der Waals surface area contributed by atoms with Crippen molar-refractivity contribution in [2.75, 3.05) is 4.90 Å². The van der Waals surface area contributed by atoms with Crippen molar-refractivity contribution in [3.05, 3.63) is 59.9 Å². The molecule has 1 aliphatic heterocycles. The molecule has 0 radical (unpaired) electrons. The standard InChI is InChI=1S/C20H20BFINO5/c1-12(25)29-21(28)14-4-2-13(3-5-14)19-17(10-11-18(23)26)20(27)24(19)16-8-6-15(22)7-9-16/h2-9,17-19,26,28H,10-11H2,1H3/t17-,18?,19-/m1/s1. The maximum atomic E-state index is 13.3. The van der Waals surface area contributed by atoms with Gasteiger partial charge in [-0.2, -0.15) is 0 Å². The van der Waals surface area contributed by atoms with Gasteiger partial charge in [-0.25, -0.2) is 4.39 Å². The number of rotatable bonds is 7. The summed E-state index contributed by atoms with van der Waals surface area (Å²) < 4.78 is 17.5. The number of amides is 1. The molecule has 0 saturated carbocycles. The summed E-state index contributed by atoms with van der Waals surface area (Å²) in [6, 6.07) is 12.3. The molecule has 0 aromatic heterocycles. The number of carbonyl (C=O) groups excluding carboxylic acids is 2. The molecular formula is C20H20BFINO5. The van der Waals surface area contributed by atoms with E-state index in [2.05, 4.69) is 0 Å². The molecule has 6 nitrogen and oxygen atoms in total. The minimum absolute atomic E-state index is 0.0808. The van der Waals surface area contributed by atoms with Crippen LogP contribution in [0.1, 0.15) is 31.4 Å². The molecule has 152 valence electrons. The van der Waals surface area contributed by atoms with Gasteiger partial charge in [0, 0.05) is 12.6 Å². The average molecular weight is 511 g/mol. The van der Waals surface area contributed by atoms with Gasteiger partial charge in [-0.1, -0.05) is 46.9 Å². The van der Waals surface area contributed by atoms with Gasteiger partial charge in [0.25, 0.3) is 5.97 Å². The van der Waals surface area contributed by atoms with E-state index in [0.717, 1.165) is 5.56 Å². The highest BCUT2D eigenvalue weighted by Gasteiger charge is 2.48. The number of hydrogen-bond acceptors (Lipinski definition) is 5. The van der Waals surface area contributed by atoms with Gasteiger partial charge in [0.05, 0.1) is 12.0 Å². The van der Waals surface area contributed by atoms with Crippen LogP contribution in [0, 0.1) is 11.7 Å². The lowest BCUT2D eigenvalue weighted by Gasteiger charge is -2.48. The molecule has 0 aliphatic carbocycles. The van der Waals surface area contributed by atoms with Crippen LogP contribution in [0.4, 0.5) is 10.1 Å². The summed E-state index contributed by atoms with van der Waals surface area (Å²) in [5, 5.41) is 19.5. The number of halogens is 2. The first-order chi connectivity index (χ1) is 13.8. The summed E-state index contributed by atoms with van der Waals surface area (Å²) in [5.41, 5.74) is 1.85.